The number of hydrogen-bond donors (Lipinski definition) is 0. The van der Waals surface area contributed by atoms with Crippen molar-refractivity contribution in [3.63, 3.8) is 0 Å². The lowest BCUT2D eigenvalue weighted by molar-refractivity contribution is 0.668. The second kappa shape index (κ2) is 10.2. The Bertz CT molecular complexity index is 2320. The van der Waals surface area contributed by atoms with Gasteiger partial charge < -0.3 is 13.7 Å². The van der Waals surface area contributed by atoms with Gasteiger partial charge in [-0.2, -0.15) is 0 Å². The van der Waals surface area contributed by atoms with E-state index in [0.717, 1.165) is 83.2 Å². The van der Waals surface area contributed by atoms with Gasteiger partial charge in [0.1, 0.15) is 16.7 Å². The van der Waals surface area contributed by atoms with Gasteiger partial charge in [-0.25, -0.2) is 0 Å². The summed E-state index contributed by atoms with van der Waals surface area (Å²) >= 11 is 0. The molecule has 0 spiro atoms. The molecule has 0 amide bonds. The number of furan rings is 2. The first-order valence-corrected chi connectivity index (χ1v) is 14.9. The third-order valence-electron chi connectivity index (χ3n) is 8.47. The molecule has 0 saturated carbocycles. The molecule has 0 unspecified atom stereocenters. The Morgan fingerprint density at radius 3 is 1.82 bits per heavy atom. The number of benzene rings is 5. The van der Waals surface area contributed by atoms with E-state index in [9.17, 15) is 0 Å². The van der Waals surface area contributed by atoms with Gasteiger partial charge in [0.2, 0.25) is 0 Å². The lowest BCUT2D eigenvalue weighted by Gasteiger charge is -2.26. The zero-order chi connectivity index (χ0) is 29.7. The molecule has 5 heteroatoms. The highest BCUT2D eigenvalue weighted by Gasteiger charge is 2.17. The molecule has 0 aliphatic rings. The molecule has 9 aromatic rings. The molecule has 0 radical (unpaired) electrons. The van der Waals surface area contributed by atoms with Crippen LogP contribution in [0.15, 0.2) is 161 Å². The van der Waals surface area contributed by atoms with Crippen LogP contribution in [0.2, 0.25) is 0 Å². The van der Waals surface area contributed by atoms with Crippen LogP contribution in [-0.2, 0) is 0 Å². The minimum atomic E-state index is 0.794. The molecule has 4 heterocycles. The van der Waals surface area contributed by atoms with Gasteiger partial charge >= 0.3 is 0 Å². The van der Waals surface area contributed by atoms with Gasteiger partial charge in [-0.15, -0.1) is 0 Å². The SMILES string of the molecule is c1ccc(N(c2ccc(-c3cccc4c3oc3cnccc34)cc2)c2ccc(-c3cncc4c3oc3ccccc34)cc2)cc1. The average Bonchev–Trinajstić information content (AvgIpc) is 3.68. The van der Waals surface area contributed by atoms with Crippen LogP contribution in [-0.4, -0.2) is 9.97 Å². The summed E-state index contributed by atoms with van der Waals surface area (Å²) in [6.07, 6.45) is 7.34. The standard InChI is InChI=1S/C40H25N3O2/c1-2-7-28(8-3-1)43(29-17-13-26(14-18-29)31-10-6-11-34-33-21-22-41-25-38(33)45-39(31)34)30-19-15-27(16-20-30)35-23-42-24-36-32-9-4-5-12-37(32)44-40(35)36/h1-25H. The lowest BCUT2D eigenvalue weighted by atomic mass is 10.0. The molecule has 5 aromatic carbocycles. The van der Waals surface area contributed by atoms with Crippen LogP contribution < -0.4 is 4.90 Å². The Hall–Kier alpha value is -6.20. The fourth-order valence-corrected chi connectivity index (χ4v) is 6.33. The van der Waals surface area contributed by atoms with Gasteiger partial charge in [0.15, 0.2) is 5.58 Å². The first-order valence-electron chi connectivity index (χ1n) is 14.9. The van der Waals surface area contributed by atoms with Crippen molar-refractivity contribution in [2.24, 2.45) is 0 Å². The Balaban J connectivity index is 1.11. The van der Waals surface area contributed by atoms with Crippen LogP contribution in [0.4, 0.5) is 17.1 Å². The molecule has 9 rings (SSSR count). The fourth-order valence-electron chi connectivity index (χ4n) is 6.33. The van der Waals surface area contributed by atoms with Crippen LogP contribution in [0.1, 0.15) is 0 Å². The number of anilines is 3. The van der Waals surface area contributed by atoms with E-state index < -0.39 is 0 Å². The van der Waals surface area contributed by atoms with Crippen molar-refractivity contribution < 1.29 is 8.83 Å². The second-order valence-corrected chi connectivity index (χ2v) is 11.1. The molecule has 0 fully saturated rings. The van der Waals surface area contributed by atoms with Crippen molar-refractivity contribution in [1.29, 1.82) is 0 Å². The third kappa shape index (κ3) is 4.17. The van der Waals surface area contributed by atoms with Gasteiger partial charge in [-0.1, -0.05) is 78.9 Å². The van der Waals surface area contributed by atoms with Gasteiger partial charge in [0, 0.05) is 68.3 Å². The fraction of sp³-hybridized carbons (Fsp3) is 0. The minimum Gasteiger partial charge on any atom is -0.455 e. The maximum atomic E-state index is 6.29. The van der Waals surface area contributed by atoms with Crippen molar-refractivity contribution in [2.45, 2.75) is 0 Å². The summed E-state index contributed by atoms with van der Waals surface area (Å²) in [6, 6.07) is 44.1. The molecule has 0 atom stereocenters. The maximum Gasteiger partial charge on any atom is 0.153 e. The number of para-hydroxylation sites is 3. The third-order valence-corrected chi connectivity index (χ3v) is 8.47. The molecular formula is C40H25N3O2. The quantitative estimate of drug-likeness (QED) is 0.203. The average molecular weight is 580 g/mol. The van der Waals surface area contributed by atoms with E-state index in [4.69, 9.17) is 8.83 Å². The summed E-state index contributed by atoms with van der Waals surface area (Å²) in [5.74, 6) is 0. The van der Waals surface area contributed by atoms with Gasteiger partial charge in [-0.05, 0) is 59.7 Å². The highest BCUT2D eigenvalue weighted by molar-refractivity contribution is 6.10. The van der Waals surface area contributed by atoms with Gasteiger partial charge in [-0.3, -0.25) is 9.97 Å². The van der Waals surface area contributed by atoms with Crippen LogP contribution >= 0.6 is 0 Å². The molecule has 45 heavy (non-hydrogen) atoms. The lowest BCUT2D eigenvalue weighted by Crippen LogP contribution is -2.09. The minimum absolute atomic E-state index is 0.794. The topological polar surface area (TPSA) is 55.3 Å². The normalized spacial score (nSPS) is 11.6. The molecule has 5 nitrogen and oxygen atoms in total. The first-order chi connectivity index (χ1) is 22.3. The van der Waals surface area contributed by atoms with E-state index in [-0.39, 0.29) is 0 Å². The van der Waals surface area contributed by atoms with E-state index in [2.05, 4.69) is 112 Å². The van der Waals surface area contributed by atoms with Crippen molar-refractivity contribution >= 4 is 60.9 Å². The zero-order valence-corrected chi connectivity index (χ0v) is 24.1. The van der Waals surface area contributed by atoms with Crippen LogP contribution in [0.25, 0.3) is 66.1 Å². The predicted octanol–water partition coefficient (Wildman–Crippen LogP) is 11.1. The summed E-state index contributed by atoms with van der Waals surface area (Å²) < 4.78 is 12.5. The number of fused-ring (bicyclic) bond motifs is 6. The number of rotatable bonds is 5. The van der Waals surface area contributed by atoms with Gasteiger partial charge in [0.25, 0.3) is 0 Å². The molecule has 4 aromatic heterocycles. The van der Waals surface area contributed by atoms with Crippen molar-refractivity contribution in [3.8, 4) is 22.3 Å². The smallest absolute Gasteiger partial charge is 0.153 e. The Morgan fingerprint density at radius 1 is 0.400 bits per heavy atom. The molecule has 212 valence electrons. The van der Waals surface area contributed by atoms with Gasteiger partial charge in [0.05, 0.1) is 6.20 Å². The van der Waals surface area contributed by atoms with Crippen LogP contribution in [0.5, 0.6) is 0 Å². The molecule has 0 aliphatic carbocycles. The summed E-state index contributed by atoms with van der Waals surface area (Å²) in [4.78, 5) is 11.1. The van der Waals surface area contributed by atoms with Crippen LogP contribution in [0.3, 0.4) is 0 Å². The maximum absolute atomic E-state index is 6.29. The van der Waals surface area contributed by atoms with Crippen molar-refractivity contribution in [2.75, 3.05) is 4.90 Å². The molecule has 0 saturated heterocycles. The number of pyridine rings is 2. The molecule has 0 aliphatic heterocycles. The van der Waals surface area contributed by atoms with Crippen molar-refractivity contribution in [3.05, 3.63) is 152 Å². The monoisotopic (exact) mass is 579 g/mol. The Morgan fingerprint density at radius 2 is 1.02 bits per heavy atom. The Kier molecular flexibility index (Phi) is 5.74. The van der Waals surface area contributed by atoms with E-state index >= 15 is 0 Å². The highest BCUT2D eigenvalue weighted by atomic mass is 16.3. The highest BCUT2D eigenvalue weighted by Crippen LogP contribution is 2.40. The first kappa shape index (κ1) is 25.3. The number of nitrogens with zero attached hydrogens (tertiary/aromatic N) is 3. The molecule has 0 N–H and O–H groups in total. The van der Waals surface area contributed by atoms with Crippen molar-refractivity contribution in [1.82, 2.24) is 9.97 Å². The summed E-state index contributed by atoms with van der Waals surface area (Å²) in [6.45, 7) is 0. The molecular weight excluding hydrogens is 554 g/mol. The second-order valence-electron chi connectivity index (χ2n) is 11.1. The summed E-state index contributed by atoms with van der Waals surface area (Å²) in [5.41, 5.74) is 10.7. The largest absolute Gasteiger partial charge is 0.455 e. The summed E-state index contributed by atoms with van der Waals surface area (Å²) in [5, 5.41) is 4.26. The number of aromatic nitrogens is 2. The molecule has 0 bridgehead atoms. The van der Waals surface area contributed by atoms with E-state index in [0.29, 0.717) is 0 Å². The number of hydrogen-bond acceptors (Lipinski definition) is 5. The van der Waals surface area contributed by atoms with Crippen LogP contribution in [0, 0.1) is 0 Å². The predicted molar refractivity (Wildman–Crippen MR) is 182 cm³/mol. The summed E-state index contributed by atoms with van der Waals surface area (Å²) in [7, 11) is 0. The zero-order valence-electron chi connectivity index (χ0n) is 24.1. The van der Waals surface area contributed by atoms with E-state index in [1.54, 1.807) is 12.4 Å². The Labute approximate surface area is 258 Å². The van der Waals surface area contributed by atoms with E-state index in [1.165, 1.54) is 0 Å². The van der Waals surface area contributed by atoms with E-state index in [1.807, 2.05) is 42.7 Å².